The maximum Gasteiger partial charge on any atom is 0.172 e. The third-order valence-corrected chi connectivity index (χ3v) is 4.57. The van der Waals surface area contributed by atoms with Crippen LogP contribution < -0.4 is 9.80 Å². The van der Waals surface area contributed by atoms with E-state index in [1.165, 1.54) is 25.8 Å². The van der Waals surface area contributed by atoms with Gasteiger partial charge in [-0.15, -0.1) is 0 Å². The number of hydrogen-bond acceptors (Lipinski definition) is 5. The molecular formula is C15H25N5. The van der Waals surface area contributed by atoms with E-state index in [0.29, 0.717) is 6.04 Å². The summed E-state index contributed by atoms with van der Waals surface area (Å²) in [7, 11) is 4.05. The molecule has 0 spiro atoms. The summed E-state index contributed by atoms with van der Waals surface area (Å²) in [4.78, 5) is 16.0. The third kappa shape index (κ3) is 2.46. The maximum atomic E-state index is 4.52. The van der Waals surface area contributed by atoms with E-state index in [4.69, 9.17) is 0 Å². The Balaban J connectivity index is 1.65. The molecule has 0 radical (unpaired) electrons. The van der Waals surface area contributed by atoms with Crippen LogP contribution in [0.15, 0.2) is 12.4 Å². The van der Waals surface area contributed by atoms with Crippen molar-refractivity contribution >= 4 is 11.6 Å². The van der Waals surface area contributed by atoms with Gasteiger partial charge in [-0.25, -0.2) is 9.97 Å². The predicted octanol–water partition coefficient (Wildman–Crippen LogP) is 1.61. The van der Waals surface area contributed by atoms with E-state index in [0.717, 1.165) is 30.8 Å². The molecule has 1 aromatic heterocycles. The predicted molar refractivity (Wildman–Crippen MR) is 82.4 cm³/mol. The smallest absolute Gasteiger partial charge is 0.172 e. The van der Waals surface area contributed by atoms with Crippen molar-refractivity contribution in [2.24, 2.45) is 0 Å². The highest BCUT2D eigenvalue weighted by molar-refractivity contribution is 5.63. The van der Waals surface area contributed by atoms with E-state index in [1.54, 1.807) is 12.4 Å². The topological polar surface area (TPSA) is 35.5 Å². The number of likely N-dealkylation sites (tertiary alicyclic amines) is 1. The monoisotopic (exact) mass is 275 g/mol. The van der Waals surface area contributed by atoms with Gasteiger partial charge >= 0.3 is 0 Å². The van der Waals surface area contributed by atoms with Gasteiger partial charge in [0.1, 0.15) is 0 Å². The van der Waals surface area contributed by atoms with Crippen LogP contribution in [0.25, 0.3) is 0 Å². The van der Waals surface area contributed by atoms with Crippen LogP contribution in [-0.4, -0.2) is 60.7 Å². The summed E-state index contributed by atoms with van der Waals surface area (Å²) in [5.41, 5.74) is 0. The van der Waals surface area contributed by atoms with Crippen molar-refractivity contribution in [2.45, 2.75) is 38.3 Å². The van der Waals surface area contributed by atoms with Crippen molar-refractivity contribution < 1.29 is 0 Å². The molecule has 5 heteroatoms. The zero-order chi connectivity index (χ0) is 14.1. The molecule has 2 saturated heterocycles. The van der Waals surface area contributed by atoms with Crippen molar-refractivity contribution in [3.63, 3.8) is 0 Å². The van der Waals surface area contributed by atoms with E-state index >= 15 is 0 Å². The number of nitrogens with zero attached hydrogens (tertiary/aromatic N) is 5. The van der Waals surface area contributed by atoms with Crippen LogP contribution in [0, 0.1) is 0 Å². The van der Waals surface area contributed by atoms with Crippen LogP contribution in [0.2, 0.25) is 0 Å². The second-order valence-corrected chi connectivity index (χ2v) is 6.24. The Morgan fingerprint density at radius 2 is 1.90 bits per heavy atom. The molecule has 20 heavy (non-hydrogen) atoms. The molecule has 1 unspecified atom stereocenters. The minimum absolute atomic E-state index is 0.697. The zero-order valence-electron chi connectivity index (χ0n) is 12.8. The fraction of sp³-hybridized carbons (Fsp3) is 0.733. The molecule has 5 nitrogen and oxygen atoms in total. The highest BCUT2D eigenvalue weighted by atomic mass is 15.4. The van der Waals surface area contributed by atoms with Crippen LogP contribution in [0.3, 0.4) is 0 Å². The lowest BCUT2D eigenvalue weighted by atomic mass is 9.97. The lowest BCUT2D eigenvalue weighted by Crippen LogP contribution is -2.62. The molecular weight excluding hydrogens is 250 g/mol. The molecule has 1 atom stereocenters. The summed E-state index contributed by atoms with van der Waals surface area (Å²) in [6, 6.07) is 1.44. The van der Waals surface area contributed by atoms with Crippen molar-refractivity contribution in [3.8, 4) is 0 Å². The molecule has 2 fully saturated rings. The molecule has 2 aliphatic rings. The molecule has 3 heterocycles. The van der Waals surface area contributed by atoms with Gasteiger partial charge in [0, 0.05) is 51.7 Å². The molecule has 0 aromatic carbocycles. The van der Waals surface area contributed by atoms with Gasteiger partial charge in [0.05, 0.1) is 0 Å². The lowest BCUT2D eigenvalue weighted by molar-refractivity contribution is 0.0873. The summed E-state index contributed by atoms with van der Waals surface area (Å²) >= 11 is 0. The molecule has 110 valence electrons. The first-order valence-electron chi connectivity index (χ1n) is 7.66. The van der Waals surface area contributed by atoms with Gasteiger partial charge in [0.25, 0.3) is 0 Å². The van der Waals surface area contributed by atoms with Gasteiger partial charge < -0.3 is 9.80 Å². The number of aromatic nitrogens is 2. The Kier molecular flexibility index (Phi) is 3.78. The molecule has 2 aliphatic heterocycles. The normalized spacial score (nSPS) is 24.6. The van der Waals surface area contributed by atoms with Crippen molar-refractivity contribution in [2.75, 3.05) is 43.5 Å². The van der Waals surface area contributed by atoms with Gasteiger partial charge in [-0.1, -0.05) is 6.42 Å². The maximum absolute atomic E-state index is 4.52. The standard InChI is InChI=1S/C15H25N5/c1-12-6-4-5-9-20(12)13-10-19(11-13)15-14(18(2)3)16-7-8-17-15/h7-8,12-13H,4-6,9-11H2,1-3H3. The first-order valence-corrected chi connectivity index (χ1v) is 7.66. The van der Waals surface area contributed by atoms with Crippen LogP contribution in [0.4, 0.5) is 11.6 Å². The molecule has 0 aliphatic carbocycles. The van der Waals surface area contributed by atoms with Crippen LogP contribution in [0.1, 0.15) is 26.2 Å². The number of anilines is 2. The van der Waals surface area contributed by atoms with Crippen molar-refractivity contribution in [1.82, 2.24) is 14.9 Å². The fourth-order valence-corrected chi connectivity index (χ4v) is 3.36. The summed E-state index contributed by atoms with van der Waals surface area (Å²) in [6.45, 7) is 5.81. The van der Waals surface area contributed by atoms with Gasteiger partial charge in [-0.2, -0.15) is 0 Å². The zero-order valence-corrected chi connectivity index (χ0v) is 12.8. The third-order valence-electron chi connectivity index (χ3n) is 4.57. The molecule has 0 saturated carbocycles. The van der Waals surface area contributed by atoms with Gasteiger partial charge in [-0.3, -0.25) is 4.90 Å². The van der Waals surface area contributed by atoms with Crippen LogP contribution in [-0.2, 0) is 0 Å². The summed E-state index contributed by atoms with van der Waals surface area (Å²) < 4.78 is 0. The second kappa shape index (κ2) is 5.56. The lowest BCUT2D eigenvalue weighted by Gasteiger charge is -2.50. The largest absolute Gasteiger partial charge is 0.360 e. The fourth-order valence-electron chi connectivity index (χ4n) is 3.36. The first kappa shape index (κ1) is 13.6. The highest BCUT2D eigenvalue weighted by Crippen LogP contribution is 2.30. The summed E-state index contributed by atoms with van der Waals surface area (Å²) in [6.07, 6.45) is 7.66. The molecule has 0 bridgehead atoms. The van der Waals surface area contributed by atoms with E-state index in [-0.39, 0.29) is 0 Å². The molecule has 0 amide bonds. The first-order chi connectivity index (χ1) is 9.66. The Hall–Kier alpha value is -1.36. The minimum atomic E-state index is 0.697. The van der Waals surface area contributed by atoms with Gasteiger partial charge in [0.15, 0.2) is 11.6 Å². The van der Waals surface area contributed by atoms with Crippen LogP contribution in [0.5, 0.6) is 0 Å². The number of piperidine rings is 1. The number of hydrogen-bond donors (Lipinski definition) is 0. The van der Waals surface area contributed by atoms with E-state index in [2.05, 4.69) is 26.7 Å². The highest BCUT2D eigenvalue weighted by Gasteiger charge is 2.36. The van der Waals surface area contributed by atoms with E-state index in [9.17, 15) is 0 Å². The molecule has 3 rings (SSSR count). The quantitative estimate of drug-likeness (QED) is 0.837. The van der Waals surface area contributed by atoms with E-state index in [1.807, 2.05) is 19.0 Å². The van der Waals surface area contributed by atoms with Crippen LogP contribution >= 0.6 is 0 Å². The average Bonchev–Trinajstić information content (AvgIpc) is 2.39. The Labute approximate surface area is 121 Å². The van der Waals surface area contributed by atoms with E-state index < -0.39 is 0 Å². The Bertz CT molecular complexity index is 455. The minimum Gasteiger partial charge on any atom is -0.360 e. The SMILES string of the molecule is CC1CCCCN1C1CN(c2nccnc2N(C)C)C1. The van der Waals surface area contributed by atoms with Gasteiger partial charge in [-0.05, 0) is 26.3 Å². The van der Waals surface area contributed by atoms with Crippen molar-refractivity contribution in [3.05, 3.63) is 12.4 Å². The summed E-state index contributed by atoms with van der Waals surface area (Å²) in [5.74, 6) is 2.00. The Morgan fingerprint density at radius 3 is 2.60 bits per heavy atom. The van der Waals surface area contributed by atoms with Crippen molar-refractivity contribution in [1.29, 1.82) is 0 Å². The number of rotatable bonds is 3. The molecule has 1 aromatic rings. The average molecular weight is 275 g/mol. The summed E-state index contributed by atoms with van der Waals surface area (Å²) in [5, 5.41) is 0. The molecule has 0 N–H and O–H groups in total. The van der Waals surface area contributed by atoms with Gasteiger partial charge in [0.2, 0.25) is 0 Å². The Morgan fingerprint density at radius 1 is 1.15 bits per heavy atom. The second-order valence-electron chi connectivity index (χ2n) is 6.24.